The first kappa shape index (κ1) is 21.2. The molecule has 1 aliphatic heterocycles. The van der Waals surface area contributed by atoms with Gasteiger partial charge in [-0.15, -0.1) is 0 Å². The Kier molecular flexibility index (Phi) is 7.07. The number of carbonyl (C=O) groups excluding carboxylic acids is 1. The maximum Gasteiger partial charge on any atom is 0.267 e. The van der Waals surface area contributed by atoms with Crippen LogP contribution in [-0.4, -0.2) is 50.2 Å². The Hall–Kier alpha value is -3.03. The SMILES string of the molecule is O=C(/C=C/c1cnc2c(c1)nc(CCc1ccccc1)n2CCN1CCCCC1)NO. The molecule has 1 aromatic carbocycles. The second kappa shape index (κ2) is 10.3. The number of rotatable bonds is 8. The molecule has 0 bridgehead atoms. The summed E-state index contributed by atoms with van der Waals surface area (Å²) >= 11 is 0. The number of likely N-dealkylation sites (tertiary alicyclic amines) is 1. The summed E-state index contributed by atoms with van der Waals surface area (Å²) in [4.78, 5) is 23.4. The Morgan fingerprint density at radius 3 is 2.68 bits per heavy atom. The molecule has 0 atom stereocenters. The van der Waals surface area contributed by atoms with E-state index in [0.717, 1.165) is 48.5 Å². The molecule has 1 saturated heterocycles. The highest BCUT2D eigenvalue weighted by molar-refractivity contribution is 5.91. The van der Waals surface area contributed by atoms with Crippen molar-refractivity contribution in [1.29, 1.82) is 0 Å². The molecule has 0 saturated carbocycles. The molecule has 2 aromatic heterocycles. The van der Waals surface area contributed by atoms with Gasteiger partial charge in [-0.25, -0.2) is 15.4 Å². The Morgan fingerprint density at radius 1 is 1.10 bits per heavy atom. The van der Waals surface area contributed by atoms with Crippen LogP contribution in [0.15, 0.2) is 48.7 Å². The van der Waals surface area contributed by atoms with Gasteiger partial charge < -0.3 is 9.47 Å². The van der Waals surface area contributed by atoms with Crippen molar-refractivity contribution in [2.24, 2.45) is 0 Å². The molecule has 1 fully saturated rings. The van der Waals surface area contributed by atoms with Gasteiger partial charge in [0.2, 0.25) is 0 Å². The van der Waals surface area contributed by atoms with E-state index in [1.165, 1.54) is 44.0 Å². The predicted octanol–water partition coefficient (Wildman–Crippen LogP) is 3.22. The molecule has 3 heterocycles. The molecule has 0 spiro atoms. The van der Waals surface area contributed by atoms with Gasteiger partial charge in [-0.2, -0.15) is 0 Å². The van der Waals surface area contributed by atoms with Gasteiger partial charge in [0, 0.05) is 31.8 Å². The van der Waals surface area contributed by atoms with Gasteiger partial charge >= 0.3 is 0 Å². The molecule has 7 nitrogen and oxygen atoms in total. The van der Waals surface area contributed by atoms with Crippen LogP contribution < -0.4 is 5.48 Å². The van der Waals surface area contributed by atoms with E-state index in [-0.39, 0.29) is 0 Å². The molecule has 4 rings (SSSR count). The van der Waals surface area contributed by atoms with Crippen molar-refractivity contribution in [2.45, 2.75) is 38.6 Å². The van der Waals surface area contributed by atoms with Crippen molar-refractivity contribution >= 4 is 23.1 Å². The number of fused-ring (bicyclic) bond motifs is 1. The zero-order valence-electron chi connectivity index (χ0n) is 17.7. The van der Waals surface area contributed by atoms with Crippen molar-refractivity contribution in [1.82, 2.24) is 24.9 Å². The number of hydroxylamine groups is 1. The van der Waals surface area contributed by atoms with Gasteiger partial charge in [0.15, 0.2) is 5.65 Å². The lowest BCUT2D eigenvalue weighted by molar-refractivity contribution is -0.124. The van der Waals surface area contributed by atoms with Crippen LogP contribution in [-0.2, 0) is 24.2 Å². The van der Waals surface area contributed by atoms with Crippen molar-refractivity contribution in [2.75, 3.05) is 19.6 Å². The fourth-order valence-electron chi connectivity index (χ4n) is 4.12. The summed E-state index contributed by atoms with van der Waals surface area (Å²) in [6, 6.07) is 12.4. The van der Waals surface area contributed by atoms with E-state index in [9.17, 15) is 4.79 Å². The number of imidazole rings is 1. The van der Waals surface area contributed by atoms with Gasteiger partial charge in [0.1, 0.15) is 11.3 Å². The summed E-state index contributed by atoms with van der Waals surface area (Å²) in [7, 11) is 0. The number of aromatic nitrogens is 3. The summed E-state index contributed by atoms with van der Waals surface area (Å²) in [5.41, 5.74) is 5.37. The summed E-state index contributed by atoms with van der Waals surface area (Å²) < 4.78 is 2.25. The van der Waals surface area contributed by atoms with Gasteiger partial charge in [0.05, 0.1) is 0 Å². The van der Waals surface area contributed by atoms with E-state index in [2.05, 4.69) is 38.7 Å². The second-order valence-electron chi connectivity index (χ2n) is 7.99. The van der Waals surface area contributed by atoms with E-state index in [1.54, 1.807) is 17.8 Å². The van der Waals surface area contributed by atoms with Gasteiger partial charge in [-0.3, -0.25) is 10.0 Å². The summed E-state index contributed by atoms with van der Waals surface area (Å²) in [5.74, 6) is 0.466. The fourth-order valence-corrected chi connectivity index (χ4v) is 4.12. The van der Waals surface area contributed by atoms with Gasteiger partial charge in [0.25, 0.3) is 5.91 Å². The monoisotopic (exact) mass is 419 g/mol. The molecule has 0 aliphatic carbocycles. The number of amides is 1. The first-order chi connectivity index (χ1) is 15.2. The van der Waals surface area contributed by atoms with Crippen LogP contribution in [0.25, 0.3) is 17.2 Å². The molecule has 7 heteroatoms. The van der Waals surface area contributed by atoms with Crippen molar-refractivity contribution in [3.63, 3.8) is 0 Å². The van der Waals surface area contributed by atoms with E-state index >= 15 is 0 Å². The minimum atomic E-state index is -0.573. The number of hydrogen-bond donors (Lipinski definition) is 2. The highest BCUT2D eigenvalue weighted by Gasteiger charge is 2.15. The lowest BCUT2D eigenvalue weighted by Gasteiger charge is -2.26. The zero-order chi connectivity index (χ0) is 21.5. The standard InChI is InChI=1S/C24H29N5O2/c30-23(27-31)12-10-20-17-21-24(25-18-20)29(16-15-28-13-5-2-6-14-28)22(26-21)11-9-19-7-3-1-4-8-19/h1,3-4,7-8,10,12,17-18,31H,2,5-6,9,11,13-16H2,(H,27,30)/b12-10+. The van der Waals surface area contributed by atoms with Crippen LogP contribution in [0.4, 0.5) is 0 Å². The number of nitrogens with one attached hydrogen (secondary N) is 1. The number of nitrogens with zero attached hydrogens (tertiary/aromatic N) is 4. The number of piperidine rings is 1. The van der Waals surface area contributed by atoms with Crippen LogP contribution in [0.3, 0.4) is 0 Å². The third-order valence-electron chi connectivity index (χ3n) is 5.79. The molecule has 0 radical (unpaired) electrons. The molecule has 162 valence electrons. The normalized spacial score (nSPS) is 15.0. The van der Waals surface area contributed by atoms with E-state index in [0.29, 0.717) is 0 Å². The lowest BCUT2D eigenvalue weighted by Crippen LogP contribution is -2.32. The smallest absolute Gasteiger partial charge is 0.267 e. The van der Waals surface area contributed by atoms with Crippen LogP contribution in [0, 0.1) is 0 Å². The molecule has 2 N–H and O–H groups in total. The average Bonchev–Trinajstić information content (AvgIpc) is 3.17. The minimum absolute atomic E-state index is 0.573. The number of benzene rings is 1. The largest absolute Gasteiger partial charge is 0.311 e. The Balaban J connectivity index is 1.58. The van der Waals surface area contributed by atoms with Crippen molar-refractivity contribution < 1.29 is 10.0 Å². The van der Waals surface area contributed by atoms with Gasteiger partial charge in [-0.05, 0) is 55.6 Å². The topological polar surface area (TPSA) is 83.3 Å². The summed E-state index contributed by atoms with van der Waals surface area (Å²) in [6.45, 7) is 4.21. The maximum atomic E-state index is 11.3. The first-order valence-electron chi connectivity index (χ1n) is 11.0. The quantitative estimate of drug-likeness (QED) is 0.333. The van der Waals surface area contributed by atoms with Crippen molar-refractivity contribution in [3.05, 3.63) is 65.6 Å². The van der Waals surface area contributed by atoms with E-state index < -0.39 is 5.91 Å². The molecule has 1 aliphatic rings. The Labute approximate surface area is 182 Å². The molecule has 31 heavy (non-hydrogen) atoms. The van der Waals surface area contributed by atoms with E-state index in [1.807, 2.05) is 12.1 Å². The third kappa shape index (κ3) is 5.57. The highest BCUT2D eigenvalue weighted by Crippen LogP contribution is 2.19. The number of pyridine rings is 1. The van der Waals surface area contributed by atoms with Crippen LogP contribution >= 0.6 is 0 Å². The van der Waals surface area contributed by atoms with Crippen LogP contribution in [0.1, 0.15) is 36.2 Å². The number of hydrogen-bond acceptors (Lipinski definition) is 5. The van der Waals surface area contributed by atoms with Crippen molar-refractivity contribution in [3.8, 4) is 0 Å². The average molecular weight is 420 g/mol. The van der Waals surface area contributed by atoms with E-state index in [4.69, 9.17) is 10.2 Å². The molecule has 1 amide bonds. The molecular weight excluding hydrogens is 390 g/mol. The highest BCUT2D eigenvalue weighted by atomic mass is 16.5. The number of carbonyl (C=O) groups is 1. The molecular formula is C24H29N5O2. The predicted molar refractivity (Wildman–Crippen MR) is 121 cm³/mol. The molecule has 3 aromatic rings. The van der Waals surface area contributed by atoms with Gasteiger partial charge in [-0.1, -0.05) is 36.8 Å². The Bertz CT molecular complexity index is 1040. The Morgan fingerprint density at radius 2 is 1.90 bits per heavy atom. The lowest BCUT2D eigenvalue weighted by atomic mass is 10.1. The van der Waals surface area contributed by atoms with Crippen LogP contribution in [0.2, 0.25) is 0 Å². The summed E-state index contributed by atoms with van der Waals surface area (Å²) in [5, 5.41) is 8.66. The fraction of sp³-hybridized carbons (Fsp3) is 0.375. The second-order valence-corrected chi connectivity index (χ2v) is 7.99. The maximum absolute atomic E-state index is 11.3. The third-order valence-corrected chi connectivity index (χ3v) is 5.79. The first-order valence-corrected chi connectivity index (χ1v) is 11.0. The zero-order valence-corrected chi connectivity index (χ0v) is 17.7. The molecule has 0 unspecified atom stereocenters. The minimum Gasteiger partial charge on any atom is -0.311 e. The van der Waals surface area contributed by atoms with Crippen LogP contribution in [0.5, 0.6) is 0 Å². The summed E-state index contributed by atoms with van der Waals surface area (Å²) in [6.07, 6.45) is 10.3. The number of aryl methyl sites for hydroxylation is 2.